The number of ketones is 1. The summed E-state index contributed by atoms with van der Waals surface area (Å²) < 4.78 is 0. The SMILES string of the molecule is CC(C)CN(C1CCCC1)C1CCCCC1=O. The normalized spacial score (nSPS) is 27.3. The van der Waals surface area contributed by atoms with Crippen molar-refractivity contribution >= 4 is 5.78 Å². The van der Waals surface area contributed by atoms with Crippen molar-refractivity contribution in [1.82, 2.24) is 4.90 Å². The van der Waals surface area contributed by atoms with Gasteiger partial charge in [0.15, 0.2) is 0 Å². The van der Waals surface area contributed by atoms with E-state index < -0.39 is 0 Å². The van der Waals surface area contributed by atoms with Crippen molar-refractivity contribution < 1.29 is 4.79 Å². The zero-order valence-electron chi connectivity index (χ0n) is 11.5. The Morgan fingerprint density at radius 2 is 1.76 bits per heavy atom. The summed E-state index contributed by atoms with van der Waals surface area (Å²) in [7, 11) is 0. The molecule has 0 bridgehead atoms. The molecule has 2 heteroatoms. The van der Waals surface area contributed by atoms with Gasteiger partial charge in [-0.15, -0.1) is 0 Å². The van der Waals surface area contributed by atoms with E-state index in [0.717, 1.165) is 25.8 Å². The summed E-state index contributed by atoms with van der Waals surface area (Å²) in [5.74, 6) is 1.19. The highest BCUT2D eigenvalue weighted by Crippen LogP contribution is 2.30. The lowest BCUT2D eigenvalue weighted by Gasteiger charge is -2.38. The maximum absolute atomic E-state index is 12.1. The molecular formula is C15H27NO. The van der Waals surface area contributed by atoms with Gasteiger partial charge in [-0.3, -0.25) is 9.69 Å². The molecule has 1 unspecified atom stereocenters. The Kier molecular flexibility index (Phi) is 4.61. The second-order valence-corrected chi connectivity index (χ2v) is 6.26. The first kappa shape index (κ1) is 13.1. The standard InChI is InChI=1S/C15H27NO/c1-12(2)11-16(13-7-3-4-8-13)14-9-5-6-10-15(14)17/h12-14H,3-11H2,1-2H3. The van der Waals surface area contributed by atoms with Crippen molar-refractivity contribution in [2.45, 2.75) is 77.3 Å². The molecule has 0 aromatic carbocycles. The van der Waals surface area contributed by atoms with Gasteiger partial charge in [-0.05, 0) is 31.6 Å². The summed E-state index contributed by atoms with van der Waals surface area (Å²) in [5.41, 5.74) is 0. The van der Waals surface area contributed by atoms with E-state index in [1.54, 1.807) is 0 Å². The Bertz CT molecular complexity index is 256. The summed E-state index contributed by atoms with van der Waals surface area (Å²) in [5, 5.41) is 0. The lowest BCUT2D eigenvalue weighted by Crippen LogP contribution is -2.49. The van der Waals surface area contributed by atoms with E-state index in [0.29, 0.717) is 17.7 Å². The molecule has 0 N–H and O–H groups in total. The topological polar surface area (TPSA) is 20.3 Å². The van der Waals surface area contributed by atoms with E-state index in [2.05, 4.69) is 18.7 Å². The van der Waals surface area contributed by atoms with Crippen LogP contribution in [-0.2, 0) is 4.79 Å². The molecule has 2 fully saturated rings. The number of rotatable bonds is 4. The second-order valence-electron chi connectivity index (χ2n) is 6.26. The van der Waals surface area contributed by atoms with Crippen molar-refractivity contribution in [2.24, 2.45) is 5.92 Å². The minimum Gasteiger partial charge on any atom is -0.298 e. The Balaban J connectivity index is 2.04. The third-order valence-corrected chi connectivity index (χ3v) is 4.29. The zero-order valence-corrected chi connectivity index (χ0v) is 11.5. The molecule has 0 heterocycles. The van der Waals surface area contributed by atoms with Crippen molar-refractivity contribution in [2.75, 3.05) is 6.54 Å². The van der Waals surface area contributed by atoms with E-state index in [9.17, 15) is 4.79 Å². The van der Waals surface area contributed by atoms with Gasteiger partial charge in [-0.2, -0.15) is 0 Å². The molecule has 2 rings (SSSR count). The van der Waals surface area contributed by atoms with Gasteiger partial charge in [0, 0.05) is 19.0 Å². The summed E-state index contributed by atoms with van der Waals surface area (Å²) >= 11 is 0. The van der Waals surface area contributed by atoms with Crippen molar-refractivity contribution in [1.29, 1.82) is 0 Å². The molecular weight excluding hydrogens is 210 g/mol. The van der Waals surface area contributed by atoms with Crippen LogP contribution in [0.3, 0.4) is 0 Å². The van der Waals surface area contributed by atoms with Crippen molar-refractivity contribution in [3.63, 3.8) is 0 Å². The van der Waals surface area contributed by atoms with Gasteiger partial charge >= 0.3 is 0 Å². The third-order valence-electron chi connectivity index (χ3n) is 4.29. The molecule has 2 aliphatic carbocycles. The fraction of sp³-hybridized carbons (Fsp3) is 0.933. The van der Waals surface area contributed by atoms with Gasteiger partial charge in [0.25, 0.3) is 0 Å². The number of carbonyl (C=O) groups excluding carboxylic acids is 1. The summed E-state index contributed by atoms with van der Waals surface area (Å²) in [6.45, 7) is 5.66. The zero-order chi connectivity index (χ0) is 12.3. The summed E-state index contributed by atoms with van der Waals surface area (Å²) in [6.07, 6.45) is 9.66. The average Bonchev–Trinajstić information content (AvgIpc) is 2.80. The van der Waals surface area contributed by atoms with Crippen LogP contribution in [0.25, 0.3) is 0 Å². The first-order chi connectivity index (χ1) is 8.18. The second kappa shape index (κ2) is 5.99. The molecule has 2 nitrogen and oxygen atoms in total. The summed E-state index contributed by atoms with van der Waals surface area (Å²) in [6, 6.07) is 0.957. The fourth-order valence-electron chi connectivity index (χ4n) is 3.50. The van der Waals surface area contributed by atoms with Crippen LogP contribution in [0.15, 0.2) is 0 Å². The van der Waals surface area contributed by atoms with Crippen LogP contribution in [0, 0.1) is 5.92 Å². The smallest absolute Gasteiger partial charge is 0.149 e. The molecule has 2 aliphatic rings. The fourth-order valence-corrected chi connectivity index (χ4v) is 3.50. The van der Waals surface area contributed by atoms with E-state index in [-0.39, 0.29) is 6.04 Å². The highest BCUT2D eigenvalue weighted by atomic mass is 16.1. The quantitative estimate of drug-likeness (QED) is 0.747. The monoisotopic (exact) mass is 237 g/mol. The number of nitrogens with zero attached hydrogens (tertiary/aromatic N) is 1. The Morgan fingerprint density at radius 1 is 1.12 bits per heavy atom. The van der Waals surface area contributed by atoms with Gasteiger partial charge in [-0.25, -0.2) is 0 Å². The largest absolute Gasteiger partial charge is 0.298 e. The van der Waals surface area contributed by atoms with Crippen LogP contribution < -0.4 is 0 Å². The number of hydrogen-bond donors (Lipinski definition) is 0. The molecule has 0 saturated heterocycles. The van der Waals surface area contributed by atoms with Crippen LogP contribution in [-0.4, -0.2) is 29.3 Å². The highest BCUT2D eigenvalue weighted by molar-refractivity contribution is 5.84. The van der Waals surface area contributed by atoms with Gasteiger partial charge in [0.2, 0.25) is 0 Å². The van der Waals surface area contributed by atoms with Crippen LogP contribution in [0.4, 0.5) is 0 Å². The lowest BCUT2D eigenvalue weighted by atomic mass is 9.91. The maximum Gasteiger partial charge on any atom is 0.149 e. The summed E-state index contributed by atoms with van der Waals surface area (Å²) in [4.78, 5) is 14.7. The molecule has 0 radical (unpaired) electrons. The van der Waals surface area contributed by atoms with Gasteiger partial charge in [0.1, 0.15) is 5.78 Å². The number of carbonyl (C=O) groups is 1. The number of hydrogen-bond acceptors (Lipinski definition) is 2. The molecule has 0 aromatic rings. The van der Waals surface area contributed by atoms with Crippen LogP contribution in [0.1, 0.15) is 65.2 Å². The predicted molar refractivity (Wildman–Crippen MR) is 71.1 cm³/mol. The lowest BCUT2D eigenvalue weighted by molar-refractivity contribution is -0.127. The van der Waals surface area contributed by atoms with E-state index in [1.165, 1.54) is 32.1 Å². The van der Waals surface area contributed by atoms with E-state index in [4.69, 9.17) is 0 Å². The average molecular weight is 237 g/mol. The highest BCUT2D eigenvalue weighted by Gasteiger charge is 2.34. The minimum atomic E-state index is 0.259. The Morgan fingerprint density at radius 3 is 2.35 bits per heavy atom. The van der Waals surface area contributed by atoms with Gasteiger partial charge in [-0.1, -0.05) is 33.1 Å². The molecule has 0 aliphatic heterocycles. The molecule has 2 saturated carbocycles. The Labute approximate surface area is 106 Å². The minimum absolute atomic E-state index is 0.259. The first-order valence-corrected chi connectivity index (χ1v) is 7.47. The third kappa shape index (κ3) is 3.31. The van der Waals surface area contributed by atoms with Crippen LogP contribution in [0.5, 0.6) is 0 Å². The van der Waals surface area contributed by atoms with Crippen molar-refractivity contribution in [3.05, 3.63) is 0 Å². The Hall–Kier alpha value is -0.370. The van der Waals surface area contributed by atoms with Gasteiger partial charge < -0.3 is 0 Å². The van der Waals surface area contributed by atoms with E-state index in [1.807, 2.05) is 0 Å². The number of Topliss-reactive ketones (excluding diaryl/α,β-unsaturated/α-hetero) is 1. The van der Waals surface area contributed by atoms with Crippen LogP contribution >= 0.6 is 0 Å². The van der Waals surface area contributed by atoms with Gasteiger partial charge in [0.05, 0.1) is 6.04 Å². The molecule has 0 aromatic heterocycles. The molecule has 1 atom stereocenters. The maximum atomic E-state index is 12.1. The van der Waals surface area contributed by atoms with Crippen LogP contribution in [0.2, 0.25) is 0 Å². The molecule has 0 spiro atoms. The molecule has 0 amide bonds. The molecule has 17 heavy (non-hydrogen) atoms. The van der Waals surface area contributed by atoms with E-state index >= 15 is 0 Å². The molecule has 98 valence electrons. The van der Waals surface area contributed by atoms with Crippen molar-refractivity contribution in [3.8, 4) is 0 Å². The predicted octanol–water partition coefficient (Wildman–Crippen LogP) is 3.40. The first-order valence-electron chi connectivity index (χ1n) is 7.47.